The molecule has 1 aromatic carbocycles. The number of anilines is 1. The molecule has 0 aliphatic heterocycles. The topological polar surface area (TPSA) is 82.8 Å². The summed E-state index contributed by atoms with van der Waals surface area (Å²) in [6, 6.07) is 5.62. The van der Waals surface area contributed by atoms with Crippen LogP contribution in [-0.4, -0.2) is 19.9 Å². The largest absolute Gasteiger partial charge is 0.398 e. The van der Waals surface area contributed by atoms with Gasteiger partial charge in [0.25, 0.3) is 0 Å². The number of nitrogens with two attached hydrogens (primary N) is 1. The minimum absolute atomic E-state index is 0.382. The van der Waals surface area contributed by atoms with Gasteiger partial charge < -0.3 is 10.3 Å². The normalized spacial score (nSPS) is 11.0. The lowest BCUT2D eigenvalue weighted by Gasteiger charge is -2.03. The summed E-state index contributed by atoms with van der Waals surface area (Å²) in [6.45, 7) is 4.19. The molecule has 7 heteroatoms. The SMILES string of the molecule is Cc1c(N)cccc1-c1noc(Cn2ncc(Cl)c2C)n1. The van der Waals surface area contributed by atoms with Gasteiger partial charge in [-0.25, -0.2) is 0 Å². The monoisotopic (exact) mass is 303 g/mol. The summed E-state index contributed by atoms with van der Waals surface area (Å²) in [5.41, 5.74) is 9.25. The zero-order chi connectivity index (χ0) is 15.0. The average molecular weight is 304 g/mol. The predicted octanol–water partition coefficient (Wildman–Crippen LogP) is 2.83. The first-order chi connectivity index (χ1) is 10.1. The summed E-state index contributed by atoms with van der Waals surface area (Å²) in [5.74, 6) is 0.986. The highest BCUT2D eigenvalue weighted by molar-refractivity contribution is 6.31. The lowest BCUT2D eigenvalue weighted by atomic mass is 10.1. The van der Waals surface area contributed by atoms with Gasteiger partial charge in [0.05, 0.1) is 16.9 Å². The number of hydrogen-bond donors (Lipinski definition) is 1. The van der Waals surface area contributed by atoms with Gasteiger partial charge in [-0.15, -0.1) is 0 Å². The zero-order valence-corrected chi connectivity index (χ0v) is 12.4. The lowest BCUT2D eigenvalue weighted by molar-refractivity contribution is 0.365. The van der Waals surface area contributed by atoms with Crippen molar-refractivity contribution in [2.75, 3.05) is 5.73 Å². The number of halogens is 1. The second-order valence-electron chi connectivity index (χ2n) is 4.77. The van der Waals surface area contributed by atoms with Gasteiger partial charge in [-0.2, -0.15) is 10.1 Å². The predicted molar refractivity (Wildman–Crippen MR) is 80.0 cm³/mol. The van der Waals surface area contributed by atoms with Gasteiger partial charge in [-0.3, -0.25) is 4.68 Å². The van der Waals surface area contributed by atoms with Crippen molar-refractivity contribution in [1.29, 1.82) is 0 Å². The Kier molecular flexibility index (Phi) is 3.39. The van der Waals surface area contributed by atoms with Gasteiger partial charge >= 0.3 is 0 Å². The number of nitrogens with zero attached hydrogens (tertiary/aromatic N) is 4. The first-order valence-corrected chi connectivity index (χ1v) is 6.80. The van der Waals surface area contributed by atoms with E-state index >= 15 is 0 Å². The van der Waals surface area contributed by atoms with Crippen molar-refractivity contribution in [3.05, 3.63) is 46.6 Å². The van der Waals surface area contributed by atoms with Gasteiger partial charge in [0.2, 0.25) is 11.7 Å². The van der Waals surface area contributed by atoms with Crippen molar-refractivity contribution >= 4 is 17.3 Å². The van der Waals surface area contributed by atoms with Crippen molar-refractivity contribution in [3.8, 4) is 11.4 Å². The van der Waals surface area contributed by atoms with Crippen LogP contribution in [0.4, 0.5) is 5.69 Å². The Hall–Kier alpha value is -2.34. The van der Waals surface area contributed by atoms with E-state index in [1.165, 1.54) is 0 Å². The fourth-order valence-electron chi connectivity index (χ4n) is 2.04. The first-order valence-electron chi connectivity index (χ1n) is 6.42. The van der Waals surface area contributed by atoms with E-state index < -0.39 is 0 Å². The second kappa shape index (κ2) is 5.21. The summed E-state index contributed by atoms with van der Waals surface area (Å²) in [6.07, 6.45) is 1.59. The van der Waals surface area contributed by atoms with Crippen LogP contribution in [0.2, 0.25) is 5.02 Å². The molecule has 0 spiro atoms. The van der Waals surface area contributed by atoms with Gasteiger partial charge in [0.1, 0.15) is 6.54 Å². The number of aromatic nitrogens is 4. The van der Waals surface area contributed by atoms with Gasteiger partial charge in [-0.1, -0.05) is 28.9 Å². The molecule has 0 saturated heterocycles. The zero-order valence-electron chi connectivity index (χ0n) is 11.7. The number of hydrogen-bond acceptors (Lipinski definition) is 5. The molecule has 0 bridgehead atoms. The number of benzene rings is 1. The average Bonchev–Trinajstić information content (AvgIpc) is 3.04. The van der Waals surface area contributed by atoms with Crippen molar-refractivity contribution in [1.82, 2.24) is 19.9 Å². The Bertz CT molecular complexity index is 793. The molecule has 2 heterocycles. The molecule has 0 aliphatic rings. The van der Waals surface area contributed by atoms with Crippen LogP contribution in [0.25, 0.3) is 11.4 Å². The lowest BCUT2D eigenvalue weighted by Crippen LogP contribution is -2.03. The molecule has 0 radical (unpaired) electrons. The Morgan fingerprint density at radius 3 is 2.86 bits per heavy atom. The van der Waals surface area contributed by atoms with Crippen LogP contribution >= 0.6 is 11.6 Å². The standard InChI is InChI=1S/C14H14ClN5O/c1-8-10(4-3-5-12(8)16)14-18-13(21-19-14)7-20-9(2)11(15)6-17-20/h3-6H,7,16H2,1-2H3. The van der Waals surface area contributed by atoms with E-state index in [2.05, 4.69) is 15.2 Å². The number of rotatable bonds is 3. The quantitative estimate of drug-likeness (QED) is 0.752. The molecule has 3 rings (SSSR count). The Labute approximate surface area is 126 Å². The molecule has 0 unspecified atom stereocenters. The third-order valence-corrected chi connectivity index (χ3v) is 3.78. The van der Waals surface area contributed by atoms with Crippen LogP contribution in [0.15, 0.2) is 28.9 Å². The molecule has 0 saturated carbocycles. The molecule has 0 aliphatic carbocycles. The molecule has 2 aromatic heterocycles. The highest BCUT2D eigenvalue weighted by atomic mass is 35.5. The van der Waals surface area contributed by atoms with Crippen LogP contribution in [0.1, 0.15) is 17.1 Å². The summed E-state index contributed by atoms with van der Waals surface area (Å²) < 4.78 is 6.99. The van der Waals surface area contributed by atoms with Crippen LogP contribution in [0, 0.1) is 13.8 Å². The molecule has 2 N–H and O–H groups in total. The summed E-state index contributed by atoms with van der Waals surface area (Å²) >= 11 is 5.97. The van der Waals surface area contributed by atoms with Gasteiger partial charge in [0.15, 0.2) is 0 Å². The van der Waals surface area contributed by atoms with E-state index in [-0.39, 0.29) is 0 Å². The molecule has 0 atom stereocenters. The molecule has 0 amide bonds. The van der Waals surface area contributed by atoms with Crippen molar-refractivity contribution in [2.24, 2.45) is 0 Å². The first kappa shape index (κ1) is 13.6. The summed E-state index contributed by atoms with van der Waals surface area (Å²) in [7, 11) is 0. The maximum atomic E-state index is 5.97. The van der Waals surface area contributed by atoms with E-state index in [4.69, 9.17) is 21.9 Å². The maximum Gasteiger partial charge on any atom is 0.248 e. The Morgan fingerprint density at radius 1 is 1.33 bits per heavy atom. The molecular weight excluding hydrogens is 290 g/mol. The van der Waals surface area contributed by atoms with Crippen LogP contribution in [0.5, 0.6) is 0 Å². The molecule has 21 heavy (non-hydrogen) atoms. The Morgan fingerprint density at radius 2 is 2.14 bits per heavy atom. The fraction of sp³-hybridized carbons (Fsp3) is 0.214. The van der Waals surface area contributed by atoms with E-state index in [1.807, 2.05) is 32.0 Å². The van der Waals surface area contributed by atoms with Crippen molar-refractivity contribution in [2.45, 2.75) is 20.4 Å². The Balaban J connectivity index is 1.90. The van der Waals surface area contributed by atoms with Crippen molar-refractivity contribution in [3.63, 3.8) is 0 Å². The smallest absolute Gasteiger partial charge is 0.248 e. The second-order valence-corrected chi connectivity index (χ2v) is 5.17. The minimum Gasteiger partial charge on any atom is -0.398 e. The molecule has 0 fully saturated rings. The van der Waals surface area contributed by atoms with E-state index in [0.717, 1.165) is 16.8 Å². The summed E-state index contributed by atoms with van der Waals surface area (Å²) in [5, 5.41) is 8.78. The molecular formula is C14H14ClN5O. The maximum absolute atomic E-state index is 5.97. The van der Waals surface area contributed by atoms with Crippen LogP contribution in [-0.2, 0) is 6.54 Å². The minimum atomic E-state index is 0.382. The van der Waals surface area contributed by atoms with E-state index in [1.54, 1.807) is 10.9 Å². The summed E-state index contributed by atoms with van der Waals surface area (Å²) in [4.78, 5) is 4.39. The molecule has 3 aromatic rings. The highest BCUT2D eigenvalue weighted by Crippen LogP contribution is 2.24. The van der Waals surface area contributed by atoms with Crippen molar-refractivity contribution < 1.29 is 4.52 Å². The van der Waals surface area contributed by atoms with E-state index in [9.17, 15) is 0 Å². The highest BCUT2D eigenvalue weighted by Gasteiger charge is 2.14. The van der Waals surface area contributed by atoms with E-state index in [0.29, 0.717) is 29.0 Å². The third kappa shape index (κ3) is 2.50. The number of nitrogen functional groups attached to an aromatic ring is 1. The van der Waals surface area contributed by atoms with Gasteiger partial charge in [-0.05, 0) is 25.5 Å². The van der Waals surface area contributed by atoms with Crippen LogP contribution in [0.3, 0.4) is 0 Å². The fourth-order valence-corrected chi connectivity index (χ4v) is 2.18. The van der Waals surface area contributed by atoms with Crippen LogP contribution < -0.4 is 5.73 Å². The van der Waals surface area contributed by atoms with Gasteiger partial charge in [0, 0.05) is 11.3 Å². The molecule has 108 valence electrons. The molecule has 6 nitrogen and oxygen atoms in total. The third-order valence-electron chi connectivity index (χ3n) is 3.41.